The van der Waals surface area contributed by atoms with Crippen LogP contribution in [0.3, 0.4) is 0 Å². The lowest BCUT2D eigenvalue weighted by Crippen LogP contribution is -2.18. The number of aliphatic imine (C=N–C) groups is 1. The van der Waals surface area contributed by atoms with E-state index in [0.29, 0.717) is 5.75 Å². The summed E-state index contributed by atoms with van der Waals surface area (Å²) in [6.07, 6.45) is 1.64. The molecule has 2 aromatic carbocycles. The Bertz CT molecular complexity index is 681. The fourth-order valence-electron chi connectivity index (χ4n) is 1.79. The van der Waals surface area contributed by atoms with E-state index in [2.05, 4.69) is 20.9 Å². The highest BCUT2D eigenvalue weighted by molar-refractivity contribution is 9.10. The maximum Gasteiger partial charge on any atom is 0.344 e. The minimum Gasteiger partial charge on any atom is -0.482 e. The summed E-state index contributed by atoms with van der Waals surface area (Å²) >= 11 is 3.45. The van der Waals surface area contributed by atoms with Crippen LogP contribution < -0.4 is 4.74 Å². The maximum atomic E-state index is 11.4. The number of nitrogens with zero attached hydrogens (tertiary/aromatic N) is 1. The van der Waals surface area contributed by atoms with E-state index in [0.717, 1.165) is 15.7 Å². The summed E-state index contributed by atoms with van der Waals surface area (Å²) in [7, 11) is 0. The van der Waals surface area contributed by atoms with Gasteiger partial charge in [0, 0.05) is 10.7 Å². The third-order valence-electron chi connectivity index (χ3n) is 2.81. The Hall–Kier alpha value is -2.14. The second-order valence-corrected chi connectivity index (χ2v) is 5.96. The van der Waals surface area contributed by atoms with Crippen LogP contribution in [-0.4, -0.2) is 24.9 Å². The topological polar surface area (TPSA) is 47.9 Å². The number of hydrogen-bond acceptors (Lipinski definition) is 4. The molecule has 0 aliphatic carbocycles. The highest BCUT2D eigenvalue weighted by Gasteiger charge is 2.06. The number of rotatable bonds is 6. The molecular weight excluding hydrogens is 358 g/mol. The summed E-state index contributed by atoms with van der Waals surface area (Å²) in [4.78, 5) is 15.8. The predicted molar refractivity (Wildman–Crippen MR) is 94.6 cm³/mol. The lowest BCUT2D eigenvalue weighted by atomic mass is 10.2. The molecule has 5 heteroatoms. The van der Waals surface area contributed by atoms with E-state index in [1.807, 2.05) is 36.4 Å². The molecule has 120 valence electrons. The van der Waals surface area contributed by atoms with Crippen molar-refractivity contribution in [2.45, 2.75) is 20.0 Å². The van der Waals surface area contributed by atoms with Gasteiger partial charge in [0.2, 0.25) is 0 Å². The van der Waals surface area contributed by atoms with Crippen molar-refractivity contribution in [2.24, 2.45) is 4.99 Å². The fraction of sp³-hybridized carbons (Fsp3) is 0.222. The molecule has 0 bridgehead atoms. The zero-order valence-corrected chi connectivity index (χ0v) is 14.6. The van der Waals surface area contributed by atoms with Crippen molar-refractivity contribution in [3.8, 4) is 5.75 Å². The van der Waals surface area contributed by atoms with Gasteiger partial charge in [-0.2, -0.15) is 0 Å². The van der Waals surface area contributed by atoms with Crippen LogP contribution in [0.25, 0.3) is 0 Å². The maximum absolute atomic E-state index is 11.4. The van der Waals surface area contributed by atoms with Gasteiger partial charge in [0.05, 0.1) is 11.8 Å². The van der Waals surface area contributed by atoms with E-state index >= 15 is 0 Å². The highest BCUT2D eigenvalue weighted by atomic mass is 79.9. The number of esters is 1. The molecule has 0 aromatic heterocycles. The van der Waals surface area contributed by atoms with Crippen molar-refractivity contribution in [3.63, 3.8) is 0 Å². The molecule has 0 saturated heterocycles. The molecule has 0 heterocycles. The van der Waals surface area contributed by atoms with Gasteiger partial charge in [-0.1, -0.05) is 12.1 Å². The first kappa shape index (κ1) is 17.2. The first-order chi connectivity index (χ1) is 11.0. The Labute approximate surface area is 144 Å². The van der Waals surface area contributed by atoms with Crippen LogP contribution in [0, 0.1) is 0 Å². The standard InChI is InChI=1S/C18H18BrNO3/c1-13(2)23-18(21)12-22-15-9-7-14(8-10-15)11-20-17-6-4-3-5-16(17)19/h3-11,13H,12H2,1-2H3. The van der Waals surface area contributed by atoms with Gasteiger partial charge in [0.1, 0.15) is 5.75 Å². The number of hydrogen-bond donors (Lipinski definition) is 0. The number of para-hydroxylation sites is 1. The summed E-state index contributed by atoms with van der Waals surface area (Å²) < 4.78 is 11.3. The van der Waals surface area contributed by atoms with Crippen molar-refractivity contribution >= 4 is 33.8 Å². The molecule has 23 heavy (non-hydrogen) atoms. The van der Waals surface area contributed by atoms with Gasteiger partial charge in [0.25, 0.3) is 0 Å². The molecule has 0 saturated carbocycles. The molecule has 0 amide bonds. The van der Waals surface area contributed by atoms with Gasteiger partial charge < -0.3 is 9.47 Å². The summed E-state index contributed by atoms with van der Waals surface area (Å²) in [5, 5.41) is 0. The van der Waals surface area contributed by atoms with Crippen LogP contribution in [0.4, 0.5) is 5.69 Å². The molecule has 0 fully saturated rings. The van der Waals surface area contributed by atoms with E-state index in [1.165, 1.54) is 0 Å². The molecule has 0 aliphatic heterocycles. The molecule has 0 unspecified atom stereocenters. The van der Waals surface area contributed by atoms with E-state index < -0.39 is 0 Å². The first-order valence-electron chi connectivity index (χ1n) is 7.25. The Kier molecular flexibility index (Phi) is 6.35. The molecule has 0 aliphatic rings. The van der Waals surface area contributed by atoms with Crippen LogP contribution >= 0.6 is 15.9 Å². The number of benzene rings is 2. The summed E-state index contributed by atoms with van der Waals surface area (Å²) in [5.41, 5.74) is 1.81. The Balaban J connectivity index is 1.92. The van der Waals surface area contributed by atoms with Crippen LogP contribution in [0.1, 0.15) is 19.4 Å². The zero-order valence-electron chi connectivity index (χ0n) is 13.0. The second-order valence-electron chi connectivity index (χ2n) is 5.11. The molecule has 0 atom stereocenters. The van der Waals surface area contributed by atoms with Crippen molar-refractivity contribution in [1.29, 1.82) is 0 Å². The summed E-state index contributed by atoms with van der Waals surface area (Å²) in [5.74, 6) is 0.239. The summed E-state index contributed by atoms with van der Waals surface area (Å²) in [6, 6.07) is 15.1. The van der Waals surface area contributed by atoms with Crippen LogP contribution in [0.5, 0.6) is 5.75 Å². The third kappa shape index (κ3) is 5.87. The average Bonchev–Trinajstić information content (AvgIpc) is 2.52. The lowest BCUT2D eigenvalue weighted by Gasteiger charge is -2.09. The molecule has 2 aromatic rings. The van der Waals surface area contributed by atoms with E-state index in [4.69, 9.17) is 9.47 Å². The largest absolute Gasteiger partial charge is 0.482 e. The Morgan fingerprint density at radius 3 is 2.52 bits per heavy atom. The van der Waals surface area contributed by atoms with E-state index in [1.54, 1.807) is 32.2 Å². The van der Waals surface area contributed by atoms with Gasteiger partial charge in [-0.3, -0.25) is 4.99 Å². The highest BCUT2D eigenvalue weighted by Crippen LogP contribution is 2.24. The minimum atomic E-state index is -0.375. The molecule has 4 nitrogen and oxygen atoms in total. The third-order valence-corrected chi connectivity index (χ3v) is 3.48. The molecule has 0 spiro atoms. The van der Waals surface area contributed by atoms with E-state index in [9.17, 15) is 4.79 Å². The number of ether oxygens (including phenoxy) is 2. The van der Waals surface area contributed by atoms with Gasteiger partial charge >= 0.3 is 5.97 Å². The Morgan fingerprint density at radius 1 is 1.17 bits per heavy atom. The number of carbonyl (C=O) groups excluding carboxylic acids is 1. The predicted octanol–water partition coefficient (Wildman–Crippen LogP) is 4.53. The number of carbonyl (C=O) groups is 1. The van der Waals surface area contributed by atoms with Gasteiger partial charge in [-0.25, -0.2) is 4.79 Å². The first-order valence-corrected chi connectivity index (χ1v) is 8.05. The number of halogens is 1. The fourth-order valence-corrected chi connectivity index (χ4v) is 2.18. The SMILES string of the molecule is CC(C)OC(=O)COc1ccc(C=Nc2ccccc2Br)cc1. The van der Waals surface area contributed by atoms with Gasteiger partial charge in [-0.15, -0.1) is 0 Å². The van der Waals surface area contributed by atoms with Gasteiger partial charge in [0.15, 0.2) is 6.61 Å². The van der Waals surface area contributed by atoms with Crippen molar-refractivity contribution < 1.29 is 14.3 Å². The van der Waals surface area contributed by atoms with Crippen LogP contribution in [-0.2, 0) is 9.53 Å². The van der Waals surface area contributed by atoms with Crippen LogP contribution in [0.2, 0.25) is 0 Å². The smallest absolute Gasteiger partial charge is 0.344 e. The van der Waals surface area contributed by atoms with E-state index in [-0.39, 0.29) is 18.7 Å². The van der Waals surface area contributed by atoms with Crippen molar-refractivity contribution in [3.05, 3.63) is 58.6 Å². The molecular formula is C18H18BrNO3. The molecule has 0 radical (unpaired) electrons. The average molecular weight is 376 g/mol. The van der Waals surface area contributed by atoms with Gasteiger partial charge in [-0.05, 0) is 71.7 Å². The van der Waals surface area contributed by atoms with Crippen LogP contribution in [0.15, 0.2) is 58.0 Å². The van der Waals surface area contributed by atoms with Crippen molar-refractivity contribution in [2.75, 3.05) is 6.61 Å². The Morgan fingerprint density at radius 2 is 1.87 bits per heavy atom. The second kappa shape index (κ2) is 8.48. The lowest BCUT2D eigenvalue weighted by molar-refractivity contribution is -0.149. The zero-order chi connectivity index (χ0) is 16.7. The monoisotopic (exact) mass is 375 g/mol. The quantitative estimate of drug-likeness (QED) is 0.550. The summed E-state index contributed by atoms with van der Waals surface area (Å²) in [6.45, 7) is 3.51. The normalized spacial score (nSPS) is 11.0. The minimum absolute atomic E-state index is 0.0947. The molecule has 0 N–H and O–H groups in total. The molecule has 2 rings (SSSR count). The van der Waals surface area contributed by atoms with Crippen molar-refractivity contribution in [1.82, 2.24) is 0 Å².